The molecule has 1 aromatic heterocycles. The van der Waals surface area contributed by atoms with Gasteiger partial charge in [0.15, 0.2) is 23.3 Å². The van der Waals surface area contributed by atoms with Gasteiger partial charge in [0, 0.05) is 19.2 Å². The number of hydrogen-bond acceptors (Lipinski definition) is 4. The Balaban J connectivity index is 2.84. The summed E-state index contributed by atoms with van der Waals surface area (Å²) in [6.07, 6.45) is 0.810. The molecular weight excluding hydrogens is 240 g/mol. The van der Waals surface area contributed by atoms with Gasteiger partial charge in [-0.2, -0.15) is 0 Å². The topological polar surface area (TPSA) is 57.2 Å². The van der Waals surface area contributed by atoms with Crippen molar-refractivity contribution >= 4 is 11.6 Å². The zero-order chi connectivity index (χ0) is 13.8. The Morgan fingerprint density at radius 1 is 1.22 bits per heavy atom. The first-order valence-corrected chi connectivity index (χ1v) is 5.89. The van der Waals surface area contributed by atoms with Gasteiger partial charge in [0.2, 0.25) is 0 Å². The molecule has 0 aromatic carbocycles. The van der Waals surface area contributed by atoms with Crippen molar-refractivity contribution in [3.05, 3.63) is 17.7 Å². The van der Waals surface area contributed by atoms with Crippen LogP contribution in [0.5, 0.6) is 0 Å². The van der Waals surface area contributed by atoms with Crippen LogP contribution in [0.1, 0.15) is 27.2 Å². The summed E-state index contributed by atoms with van der Waals surface area (Å²) >= 11 is 0. The lowest BCUT2D eigenvalue weighted by molar-refractivity contribution is 0.0943. The lowest BCUT2D eigenvalue weighted by Gasteiger charge is -2.18. The van der Waals surface area contributed by atoms with E-state index < -0.39 is 17.2 Å². The number of rotatable bonds is 6. The summed E-state index contributed by atoms with van der Waals surface area (Å²) in [7, 11) is 0. The number of anilines is 2. The predicted octanol–water partition coefficient (Wildman–Crippen LogP) is 2.36. The summed E-state index contributed by atoms with van der Waals surface area (Å²) in [6.45, 7) is 5.77. The predicted molar refractivity (Wildman–Crippen MR) is 67.7 cm³/mol. The molecule has 6 heteroatoms. The number of hydrogen-bond donors (Lipinski definition) is 3. The molecule has 0 unspecified atom stereocenters. The van der Waals surface area contributed by atoms with Crippen LogP contribution in [0.25, 0.3) is 0 Å². The average Bonchev–Trinajstić information content (AvgIpc) is 2.25. The molecule has 0 saturated heterocycles. The summed E-state index contributed by atoms with van der Waals surface area (Å²) in [5, 5.41) is 15.0. The molecule has 0 amide bonds. The van der Waals surface area contributed by atoms with Gasteiger partial charge in [-0.25, -0.2) is 13.8 Å². The van der Waals surface area contributed by atoms with Crippen LogP contribution in [-0.4, -0.2) is 28.8 Å². The number of aliphatic hydroxyl groups is 1. The monoisotopic (exact) mass is 259 g/mol. The lowest BCUT2D eigenvalue weighted by Crippen LogP contribution is -2.30. The van der Waals surface area contributed by atoms with Gasteiger partial charge in [-0.05, 0) is 20.3 Å². The normalized spacial score (nSPS) is 11.4. The van der Waals surface area contributed by atoms with Crippen LogP contribution < -0.4 is 10.6 Å². The SMILES string of the molecule is CCCNc1nc(NCC(C)(C)O)c(F)cc1F. The Kier molecular flexibility index (Phi) is 4.84. The average molecular weight is 259 g/mol. The molecule has 1 aromatic rings. The van der Waals surface area contributed by atoms with Gasteiger partial charge in [0.05, 0.1) is 5.60 Å². The van der Waals surface area contributed by atoms with E-state index in [0.29, 0.717) is 6.54 Å². The van der Waals surface area contributed by atoms with Crippen molar-refractivity contribution in [1.82, 2.24) is 4.98 Å². The fourth-order valence-corrected chi connectivity index (χ4v) is 1.26. The smallest absolute Gasteiger partial charge is 0.168 e. The van der Waals surface area contributed by atoms with E-state index >= 15 is 0 Å². The van der Waals surface area contributed by atoms with Gasteiger partial charge < -0.3 is 15.7 Å². The molecule has 0 saturated carbocycles. The minimum absolute atomic E-state index is 0.0106. The van der Waals surface area contributed by atoms with Crippen molar-refractivity contribution in [3.8, 4) is 0 Å². The summed E-state index contributed by atoms with van der Waals surface area (Å²) < 4.78 is 26.8. The molecule has 0 radical (unpaired) electrons. The number of nitrogens with one attached hydrogen (secondary N) is 2. The van der Waals surface area contributed by atoms with Crippen LogP contribution in [0.3, 0.4) is 0 Å². The van der Waals surface area contributed by atoms with E-state index in [2.05, 4.69) is 15.6 Å². The molecule has 1 rings (SSSR count). The molecular formula is C12H19F2N3O. The standard InChI is InChI=1S/C12H19F2N3O/c1-4-5-15-10-8(13)6-9(14)11(17-10)16-7-12(2,3)18/h6,18H,4-5,7H2,1-3H3,(H2,15,16,17). The first-order chi connectivity index (χ1) is 8.33. The zero-order valence-corrected chi connectivity index (χ0v) is 10.8. The van der Waals surface area contributed by atoms with Crippen molar-refractivity contribution in [2.24, 2.45) is 0 Å². The molecule has 0 atom stereocenters. The van der Waals surface area contributed by atoms with E-state index in [1.54, 1.807) is 13.8 Å². The number of pyridine rings is 1. The fraction of sp³-hybridized carbons (Fsp3) is 0.583. The molecule has 4 nitrogen and oxygen atoms in total. The van der Waals surface area contributed by atoms with E-state index in [4.69, 9.17) is 0 Å². The Hall–Kier alpha value is -1.43. The quantitative estimate of drug-likeness (QED) is 0.734. The highest BCUT2D eigenvalue weighted by Gasteiger charge is 2.16. The summed E-state index contributed by atoms with van der Waals surface area (Å²) in [4.78, 5) is 3.83. The van der Waals surface area contributed by atoms with Crippen molar-refractivity contribution in [2.75, 3.05) is 23.7 Å². The van der Waals surface area contributed by atoms with Crippen molar-refractivity contribution in [2.45, 2.75) is 32.8 Å². The van der Waals surface area contributed by atoms with Gasteiger partial charge in [-0.15, -0.1) is 0 Å². The molecule has 0 aliphatic carbocycles. The number of nitrogens with zero attached hydrogens (tertiary/aromatic N) is 1. The summed E-state index contributed by atoms with van der Waals surface area (Å²) in [6, 6.07) is 0.775. The van der Waals surface area contributed by atoms with Gasteiger partial charge >= 0.3 is 0 Å². The number of halogens is 2. The van der Waals surface area contributed by atoms with Crippen LogP contribution >= 0.6 is 0 Å². The largest absolute Gasteiger partial charge is 0.389 e. The first-order valence-electron chi connectivity index (χ1n) is 5.89. The molecule has 1 heterocycles. The van der Waals surface area contributed by atoms with E-state index in [-0.39, 0.29) is 18.2 Å². The van der Waals surface area contributed by atoms with Gasteiger partial charge in [0.25, 0.3) is 0 Å². The van der Waals surface area contributed by atoms with Crippen molar-refractivity contribution < 1.29 is 13.9 Å². The number of aromatic nitrogens is 1. The second-order valence-corrected chi connectivity index (χ2v) is 4.74. The minimum Gasteiger partial charge on any atom is -0.389 e. The van der Waals surface area contributed by atoms with Crippen LogP contribution in [0.15, 0.2) is 6.07 Å². The van der Waals surface area contributed by atoms with E-state index in [0.717, 1.165) is 12.5 Å². The molecule has 102 valence electrons. The van der Waals surface area contributed by atoms with E-state index in [1.807, 2.05) is 6.92 Å². The van der Waals surface area contributed by atoms with Gasteiger partial charge in [0.1, 0.15) is 0 Å². The van der Waals surface area contributed by atoms with Crippen LogP contribution in [0.2, 0.25) is 0 Å². The molecule has 0 aliphatic heterocycles. The van der Waals surface area contributed by atoms with Gasteiger partial charge in [-0.3, -0.25) is 0 Å². The second kappa shape index (κ2) is 5.95. The summed E-state index contributed by atoms with van der Waals surface area (Å²) in [5.41, 5.74) is -1.00. The third kappa shape index (κ3) is 4.44. The molecule has 0 fully saturated rings. The van der Waals surface area contributed by atoms with Crippen LogP contribution in [0.4, 0.5) is 20.4 Å². The Morgan fingerprint density at radius 2 is 1.78 bits per heavy atom. The highest BCUT2D eigenvalue weighted by atomic mass is 19.1. The fourth-order valence-electron chi connectivity index (χ4n) is 1.26. The maximum atomic E-state index is 13.5. The first kappa shape index (κ1) is 14.6. The highest BCUT2D eigenvalue weighted by Crippen LogP contribution is 2.19. The summed E-state index contributed by atoms with van der Waals surface area (Å²) in [5.74, 6) is -1.57. The Labute approximate surface area is 105 Å². The molecule has 0 bridgehead atoms. The molecule has 18 heavy (non-hydrogen) atoms. The van der Waals surface area contributed by atoms with E-state index in [9.17, 15) is 13.9 Å². The van der Waals surface area contributed by atoms with Crippen molar-refractivity contribution in [3.63, 3.8) is 0 Å². The Morgan fingerprint density at radius 3 is 2.28 bits per heavy atom. The van der Waals surface area contributed by atoms with Crippen LogP contribution in [0, 0.1) is 11.6 Å². The lowest BCUT2D eigenvalue weighted by atomic mass is 10.1. The Bertz CT molecular complexity index is 405. The third-order valence-corrected chi connectivity index (χ3v) is 2.16. The molecule has 0 spiro atoms. The van der Waals surface area contributed by atoms with Crippen molar-refractivity contribution in [1.29, 1.82) is 0 Å². The molecule has 3 N–H and O–H groups in total. The molecule has 0 aliphatic rings. The highest BCUT2D eigenvalue weighted by molar-refractivity contribution is 5.47. The van der Waals surface area contributed by atoms with Gasteiger partial charge in [-0.1, -0.05) is 6.92 Å². The minimum atomic E-state index is -1.00. The maximum Gasteiger partial charge on any atom is 0.168 e. The second-order valence-electron chi connectivity index (χ2n) is 4.74. The van der Waals surface area contributed by atoms with E-state index in [1.165, 1.54) is 0 Å². The maximum absolute atomic E-state index is 13.5. The third-order valence-electron chi connectivity index (χ3n) is 2.16. The zero-order valence-electron chi connectivity index (χ0n) is 10.8. The van der Waals surface area contributed by atoms with Crippen LogP contribution in [-0.2, 0) is 0 Å².